The number of nitrogens with zero attached hydrogens (tertiary/aromatic N) is 1. The lowest BCUT2D eigenvalue weighted by molar-refractivity contribution is 0.102. The number of hydrogen-bond donors (Lipinski definition) is 1. The van der Waals surface area contributed by atoms with Crippen LogP contribution in [-0.4, -0.2) is 30.1 Å². The summed E-state index contributed by atoms with van der Waals surface area (Å²) in [6, 6.07) is 1.41. The molecule has 1 aliphatic rings. The minimum absolute atomic E-state index is 0.664. The third-order valence-corrected chi connectivity index (χ3v) is 3.99. The van der Waals surface area contributed by atoms with Gasteiger partial charge in [-0.1, -0.05) is 26.2 Å². The zero-order chi connectivity index (χ0) is 12.0. The molecular weight excluding hydrogens is 196 g/mol. The first-order chi connectivity index (χ1) is 7.70. The molecule has 0 aromatic rings. The Balaban J connectivity index is 2.68. The first-order valence-corrected chi connectivity index (χ1v) is 7.16. The van der Waals surface area contributed by atoms with Crippen LogP contribution in [0.15, 0.2) is 0 Å². The molecule has 0 bridgehead atoms. The number of nitrogens with two attached hydrogens (primary N) is 1. The van der Waals surface area contributed by atoms with Gasteiger partial charge in [-0.2, -0.15) is 0 Å². The molecule has 1 rings (SSSR count). The zero-order valence-electron chi connectivity index (χ0n) is 11.4. The molecule has 0 spiro atoms. The quantitative estimate of drug-likeness (QED) is 0.730. The van der Waals surface area contributed by atoms with Gasteiger partial charge in [0.1, 0.15) is 0 Å². The molecule has 1 aliphatic carbocycles. The fraction of sp³-hybridized carbons (Fsp3) is 1.00. The molecule has 16 heavy (non-hydrogen) atoms. The van der Waals surface area contributed by atoms with E-state index in [4.69, 9.17) is 5.73 Å². The van der Waals surface area contributed by atoms with Crippen LogP contribution in [0.3, 0.4) is 0 Å². The molecule has 0 heterocycles. The largest absolute Gasteiger partial charge is 0.330 e. The van der Waals surface area contributed by atoms with E-state index in [1.54, 1.807) is 0 Å². The fourth-order valence-corrected chi connectivity index (χ4v) is 3.14. The van der Waals surface area contributed by atoms with E-state index < -0.39 is 0 Å². The molecule has 0 aromatic heterocycles. The van der Waals surface area contributed by atoms with Crippen molar-refractivity contribution in [3.05, 3.63) is 0 Å². The highest BCUT2D eigenvalue weighted by atomic mass is 15.2. The standard InChI is InChI=1S/C14H30N2/c1-4-10-16(12(2)3)14-9-7-5-6-8-13(14)11-15/h12-14H,4-11,15H2,1-3H3. The van der Waals surface area contributed by atoms with Crippen LogP contribution in [0.1, 0.15) is 59.3 Å². The van der Waals surface area contributed by atoms with Gasteiger partial charge in [0.2, 0.25) is 0 Å². The van der Waals surface area contributed by atoms with Gasteiger partial charge >= 0.3 is 0 Å². The van der Waals surface area contributed by atoms with Gasteiger partial charge in [0.15, 0.2) is 0 Å². The van der Waals surface area contributed by atoms with E-state index in [9.17, 15) is 0 Å². The van der Waals surface area contributed by atoms with Crippen molar-refractivity contribution < 1.29 is 0 Å². The molecule has 2 heteroatoms. The summed E-state index contributed by atoms with van der Waals surface area (Å²) in [4.78, 5) is 2.70. The van der Waals surface area contributed by atoms with Crippen LogP contribution in [0.2, 0.25) is 0 Å². The van der Waals surface area contributed by atoms with Gasteiger partial charge in [-0.25, -0.2) is 0 Å². The van der Waals surface area contributed by atoms with Crippen molar-refractivity contribution >= 4 is 0 Å². The molecule has 0 radical (unpaired) electrons. The Hall–Kier alpha value is -0.0800. The molecule has 2 atom stereocenters. The predicted octanol–water partition coefficient (Wildman–Crippen LogP) is 3.01. The minimum Gasteiger partial charge on any atom is -0.330 e. The minimum atomic E-state index is 0.664. The van der Waals surface area contributed by atoms with E-state index in [0.717, 1.165) is 18.5 Å². The van der Waals surface area contributed by atoms with Crippen molar-refractivity contribution in [2.45, 2.75) is 71.4 Å². The molecule has 96 valence electrons. The summed E-state index contributed by atoms with van der Waals surface area (Å²) < 4.78 is 0. The highest BCUT2D eigenvalue weighted by molar-refractivity contribution is 4.84. The molecule has 0 amide bonds. The fourth-order valence-electron chi connectivity index (χ4n) is 3.14. The molecule has 0 saturated heterocycles. The average molecular weight is 226 g/mol. The zero-order valence-corrected chi connectivity index (χ0v) is 11.4. The number of rotatable bonds is 5. The molecule has 2 N–H and O–H groups in total. The molecular formula is C14H30N2. The van der Waals surface area contributed by atoms with Gasteiger partial charge in [0, 0.05) is 12.1 Å². The maximum Gasteiger partial charge on any atom is 0.0138 e. The smallest absolute Gasteiger partial charge is 0.0138 e. The highest BCUT2D eigenvalue weighted by Crippen LogP contribution is 2.28. The van der Waals surface area contributed by atoms with E-state index in [0.29, 0.717) is 6.04 Å². The van der Waals surface area contributed by atoms with Gasteiger partial charge in [-0.05, 0) is 52.1 Å². The van der Waals surface area contributed by atoms with Crippen molar-refractivity contribution in [2.75, 3.05) is 13.1 Å². The Morgan fingerprint density at radius 2 is 1.88 bits per heavy atom. The van der Waals surface area contributed by atoms with Gasteiger partial charge < -0.3 is 5.73 Å². The Kier molecular flexibility index (Phi) is 6.37. The molecule has 2 nitrogen and oxygen atoms in total. The van der Waals surface area contributed by atoms with E-state index in [-0.39, 0.29) is 0 Å². The second kappa shape index (κ2) is 7.29. The first-order valence-electron chi connectivity index (χ1n) is 7.16. The van der Waals surface area contributed by atoms with Crippen molar-refractivity contribution in [2.24, 2.45) is 11.7 Å². The van der Waals surface area contributed by atoms with Crippen LogP contribution in [0, 0.1) is 5.92 Å². The van der Waals surface area contributed by atoms with Crippen LogP contribution < -0.4 is 5.73 Å². The molecule has 0 aliphatic heterocycles. The Morgan fingerprint density at radius 3 is 2.44 bits per heavy atom. The van der Waals surface area contributed by atoms with Crippen LogP contribution in [-0.2, 0) is 0 Å². The van der Waals surface area contributed by atoms with Gasteiger partial charge in [0.05, 0.1) is 0 Å². The lowest BCUT2D eigenvalue weighted by atomic mass is 9.92. The topological polar surface area (TPSA) is 29.3 Å². The summed E-state index contributed by atoms with van der Waals surface area (Å²) in [5.41, 5.74) is 5.97. The van der Waals surface area contributed by atoms with Gasteiger partial charge in [0.25, 0.3) is 0 Å². The van der Waals surface area contributed by atoms with Crippen molar-refractivity contribution in [1.29, 1.82) is 0 Å². The molecule has 1 saturated carbocycles. The first kappa shape index (κ1) is 14.0. The lowest BCUT2D eigenvalue weighted by Gasteiger charge is -2.38. The lowest BCUT2D eigenvalue weighted by Crippen LogP contribution is -2.46. The Morgan fingerprint density at radius 1 is 1.19 bits per heavy atom. The summed E-state index contributed by atoms with van der Waals surface area (Å²) in [6.45, 7) is 9.04. The molecule has 1 fully saturated rings. The van der Waals surface area contributed by atoms with E-state index in [2.05, 4.69) is 25.7 Å². The maximum atomic E-state index is 5.97. The second-order valence-electron chi connectivity index (χ2n) is 5.53. The normalized spacial score (nSPS) is 27.4. The summed E-state index contributed by atoms with van der Waals surface area (Å²) in [6.07, 6.45) is 8.15. The highest BCUT2D eigenvalue weighted by Gasteiger charge is 2.28. The van der Waals surface area contributed by atoms with Gasteiger partial charge in [-0.15, -0.1) is 0 Å². The third-order valence-electron chi connectivity index (χ3n) is 3.99. The molecule has 0 aromatic carbocycles. The Labute approximate surface area is 102 Å². The SMILES string of the molecule is CCCN(C(C)C)C1CCCCCC1CN. The maximum absolute atomic E-state index is 5.97. The van der Waals surface area contributed by atoms with Crippen LogP contribution in [0.4, 0.5) is 0 Å². The second-order valence-corrected chi connectivity index (χ2v) is 5.53. The van der Waals surface area contributed by atoms with E-state index in [1.165, 1.54) is 45.1 Å². The number of hydrogen-bond acceptors (Lipinski definition) is 2. The van der Waals surface area contributed by atoms with Crippen molar-refractivity contribution in [3.8, 4) is 0 Å². The van der Waals surface area contributed by atoms with Gasteiger partial charge in [-0.3, -0.25) is 4.90 Å². The average Bonchev–Trinajstić information content (AvgIpc) is 2.50. The van der Waals surface area contributed by atoms with E-state index >= 15 is 0 Å². The summed E-state index contributed by atoms with van der Waals surface area (Å²) >= 11 is 0. The van der Waals surface area contributed by atoms with E-state index in [1.807, 2.05) is 0 Å². The van der Waals surface area contributed by atoms with Crippen molar-refractivity contribution in [1.82, 2.24) is 4.90 Å². The predicted molar refractivity (Wildman–Crippen MR) is 71.6 cm³/mol. The van der Waals surface area contributed by atoms with Crippen molar-refractivity contribution in [3.63, 3.8) is 0 Å². The summed E-state index contributed by atoms with van der Waals surface area (Å²) in [5.74, 6) is 0.733. The monoisotopic (exact) mass is 226 g/mol. The Bertz CT molecular complexity index is 180. The summed E-state index contributed by atoms with van der Waals surface area (Å²) in [7, 11) is 0. The summed E-state index contributed by atoms with van der Waals surface area (Å²) in [5, 5.41) is 0. The third kappa shape index (κ3) is 3.74. The molecule has 2 unspecified atom stereocenters. The van der Waals surface area contributed by atoms with Crippen LogP contribution in [0.5, 0.6) is 0 Å². The van der Waals surface area contributed by atoms with Crippen LogP contribution in [0.25, 0.3) is 0 Å². The van der Waals surface area contributed by atoms with Crippen LogP contribution >= 0.6 is 0 Å².